The summed E-state index contributed by atoms with van der Waals surface area (Å²) in [6.45, 7) is 3.13. The average Bonchev–Trinajstić information content (AvgIpc) is 2.53. The lowest BCUT2D eigenvalue weighted by atomic mass is 9.89. The number of rotatable bonds is 6. The summed E-state index contributed by atoms with van der Waals surface area (Å²) < 4.78 is 6.03. The third kappa shape index (κ3) is 5.84. The van der Waals surface area contributed by atoms with Crippen molar-refractivity contribution < 1.29 is 14.6 Å². The molecule has 5 nitrogen and oxygen atoms in total. The van der Waals surface area contributed by atoms with Crippen LogP contribution in [0.2, 0.25) is 0 Å². The summed E-state index contributed by atoms with van der Waals surface area (Å²) in [6.07, 6.45) is 5.20. The molecule has 0 radical (unpaired) electrons. The zero-order valence-electron chi connectivity index (χ0n) is 14.1. The van der Waals surface area contributed by atoms with Gasteiger partial charge in [0.15, 0.2) is 0 Å². The number of nitrogens with one attached hydrogen (secondary N) is 1. The number of hydrogen-bond donors (Lipinski definition) is 2. The highest BCUT2D eigenvalue weighted by atomic mass is 16.5. The van der Waals surface area contributed by atoms with E-state index in [4.69, 9.17) is 9.84 Å². The Morgan fingerprint density at radius 1 is 1.43 bits per heavy atom. The van der Waals surface area contributed by atoms with Crippen LogP contribution < -0.4 is 5.32 Å². The third-order valence-electron chi connectivity index (χ3n) is 4.33. The maximum Gasteiger partial charge on any atom is 0.321 e. The highest BCUT2D eigenvalue weighted by Gasteiger charge is 2.19. The Morgan fingerprint density at radius 3 is 3.00 bits per heavy atom. The molecule has 0 saturated heterocycles. The van der Waals surface area contributed by atoms with E-state index in [-0.39, 0.29) is 12.6 Å². The zero-order valence-corrected chi connectivity index (χ0v) is 14.1. The maximum absolute atomic E-state index is 11.9. The van der Waals surface area contributed by atoms with Gasteiger partial charge in [-0.25, -0.2) is 4.79 Å². The van der Waals surface area contributed by atoms with Gasteiger partial charge in [-0.2, -0.15) is 0 Å². The number of urea groups is 1. The van der Waals surface area contributed by atoms with Gasteiger partial charge in [0.25, 0.3) is 0 Å². The molecule has 2 N–H and O–H groups in total. The van der Waals surface area contributed by atoms with Crippen molar-refractivity contribution in [2.45, 2.75) is 45.3 Å². The van der Waals surface area contributed by atoms with Crippen molar-refractivity contribution in [1.82, 2.24) is 4.90 Å². The van der Waals surface area contributed by atoms with Gasteiger partial charge >= 0.3 is 6.03 Å². The summed E-state index contributed by atoms with van der Waals surface area (Å²) in [5, 5.41) is 11.7. The largest absolute Gasteiger partial charge is 0.395 e. The minimum atomic E-state index is -0.224. The molecule has 0 heterocycles. The van der Waals surface area contributed by atoms with Crippen molar-refractivity contribution in [3.05, 3.63) is 29.8 Å². The van der Waals surface area contributed by atoms with Crippen LogP contribution in [0.25, 0.3) is 0 Å². The van der Waals surface area contributed by atoms with Gasteiger partial charge < -0.3 is 20.1 Å². The molecule has 2 atom stereocenters. The third-order valence-corrected chi connectivity index (χ3v) is 4.33. The molecule has 128 valence electrons. The van der Waals surface area contributed by atoms with Gasteiger partial charge in [0.2, 0.25) is 0 Å². The van der Waals surface area contributed by atoms with Crippen molar-refractivity contribution >= 4 is 11.7 Å². The first kappa shape index (κ1) is 17.8. The topological polar surface area (TPSA) is 61.8 Å². The van der Waals surface area contributed by atoms with E-state index in [9.17, 15) is 4.79 Å². The van der Waals surface area contributed by atoms with Gasteiger partial charge in [-0.15, -0.1) is 0 Å². The van der Waals surface area contributed by atoms with E-state index in [0.717, 1.165) is 30.0 Å². The SMILES string of the molecule is CC1CCCC(OCc2cccc(NC(=O)N(C)CCO)c2)C1. The summed E-state index contributed by atoms with van der Waals surface area (Å²) in [6, 6.07) is 7.51. The second kappa shape index (κ2) is 8.89. The van der Waals surface area contributed by atoms with E-state index in [1.165, 1.54) is 17.7 Å². The molecule has 5 heteroatoms. The molecule has 1 aromatic rings. The predicted octanol–water partition coefficient (Wildman–Crippen LogP) is 3.24. The Kier molecular flexibility index (Phi) is 6.86. The molecule has 1 aliphatic carbocycles. The lowest BCUT2D eigenvalue weighted by molar-refractivity contribution is 0.00468. The van der Waals surface area contributed by atoms with Crippen LogP contribution in [0.15, 0.2) is 24.3 Å². The normalized spacial score (nSPS) is 21.0. The fourth-order valence-electron chi connectivity index (χ4n) is 2.95. The van der Waals surface area contributed by atoms with Crippen LogP contribution in [0, 0.1) is 5.92 Å². The molecule has 1 fully saturated rings. The zero-order chi connectivity index (χ0) is 16.7. The van der Waals surface area contributed by atoms with Crippen LogP contribution >= 0.6 is 0 Å². The molecule has 0 bridgehead atoms. The molecule has 1 aromatic carbocycles. The number of aliphatic hydroxyl groups excluding tert-OH is 1. The van der Waals surface area contributed by atoms with Gasteiger partial charge in [0.05, 0.1) is 19.3 Å². The smallest absolute Gasteiger partial charge is 0.321 e. The molecule has 2 unspecified atom stereocenters. The lowest BCUT2D eigenvalue weighted by Crippen LogP contribution is -2.33. The molecule has 1 aliphatic rings. The van der Waals surface area contributed by atoms with Crippen LogP contribution in [0.5, 0.6) is 0 Å². The van der Waals surface area contributed by atoms with Crippen LogP contribution in [-0.4, -0.2) is 42.3 Å². The fraction of sp³-hybridized carbons (Fsp3) is 0.611. The van der Waals surface area contributed by atoms with Crippen molar-refractivity contribution in [1.29, 1.82) is 0 Å². The van der Waals surface area contributed by atoms with Crippen LogP contribution in [0.4, 0.5) is 10.5 Å². The number of hydrogen-bond acceptors (Lipinski definition) is 3. The summed E-state index contributed by atoms with van der Waals surface area (Å²) in [5.74, 6) is 0.751. The molecular weight excluding hydrogens is 292 g/mol. The molecular formula is C18H28N2O3. The number of carbonyl (C=O) groups is 1. The van der Waals surface area contributed by atoms with Crippen molar-refractivity contribution in [2.75, 3.05) is 25.5 Å². The molecule has 0 aliphatic heterocycles. The van der Waals surface area contributed by atoms with Gasteiger partial charge in [-0.1, -0.05) is 31.9 Å². The van der Waals surface area contributed by atoms with Crippen LogP contribution in [0.3, 0.4) is 0 Å². The molecule has 0 aromatic heterocycles. The molecule has 23 heavy (non-hydrogen) atoms. The van der Waals surface area contributed by atoms with Gasteiger partial charge in [-0.05, 0) is 36.5 Å². The minimum absolute atomic E-state index is 0.0440. The number of anilines is 1. The average molecular weight is 320 g/mol. The van der Waals surface area contributed by atoms with E-state index < -0.39 is 0 Å². The predicted molar refractivity (Wildman–Crippen MR) is 91.4 cm³/mol. The van der Waals surface area contributed by atoms with Gasteiger partial charge in [0, 0.05) is 19.3 Å². The van der Waals surface area contributed by atoms with Crippen molar-refractivity contribution in [3.8, 4) is 0 Å². The van der Waals surface area contributed by atoms with E-state index in [0.29, 0.717) is 19.3 Å². The molecule has 1 saturated carbocycles. The fourth-order valence-corrected chi connectivity index (χ4v) is 2.95. The second-order valence-electron chi connectivity index (χ2n) is 6.48. The molecule has 0 spiro atoms. The van der Waals surface area contributed by atoms with Crippen molar-refractivity contribution in [3.63, 3.8) is 0 Å². The van der Waals surface area contributed by atoms with Gasteiger partial charge in [-0.3, -0.25) is 0 Å². The minimum Gasteiger partial charge on any atom is -0.395 e. The van der Waals surface area contributed by atoms with E-state index in [1.807, 2.05) is 24.3 Å². The number of ether oxygens (including phenoxy) is 1. The standard InChI is InChI=1S/C18H28N2O3/c1-14-5-3-8-17(11-14)23-13-15-6-4-7-16(12-15)19-18(22)20(2)9-10-21/h4,6-7,12,14,17,21H,3,5,8-11,13H2,1-2H3,(H,19,22). The number of aliphatic hydroxyl groups is 1. The summed E-state index contributed by atoms with van der Waals surface area (Å²) >= 11 is 0. The van der Waals surface area contributed by atoms with Gasteiger partial charge in [0.1, 0.15) is 0 Å². The first-order valence-electron chi connectivity index (χ1n) is 8.42. The summed E-state index contributed by atoms with van der Waals surface area (Å²) in [7, 11) is 1.66. The van der Waals surface area contributed by atoms with Crippen LogP contribution in [-0.2, 0) is 11.3 Å². The monoisotopic (exact) mass is 320 g/mol. The van der Waals surface area contributed by atoms with Crippen LogP contribution in [0.1, 0.15) is 38.2 Å². The first-order valence-corrected chi connectivity index (χ1v) is 8.42. The Morgan fingerprint density at radius 2 is 2.26 bits per heavy atom. The maximum atomic E-state index is 11.9. The Hall–Kier alpha value is -1.59. The van der Waals surface area contributed by atoms with E-state index in [2.05, 4.69) is 12.2 Å². The number of likely N-dealkylation sites (N-methyl/N-ethyl adjacent to an activating group) is 1. The second-order valence-corrected chi connectivity index (χ2v) is 6.48. The lowest BCUT2D eigenvalue weighted by Gasteiger charge is -2.26. The Bertz CT molecular complexity index is 507. The Labute approximate surface area is 138 Å². The quantitative estimate of drug-likeness (QED) is 0.846. The van der Waals surface area contributed by atoms with E-state index >= 15 is 0 Å². The number of carbonyl (C=O) groups excluding carboxylic acids is 1. The first-order chi connectivity index (χ1) is 11.1. The number of benzene rings is 1. The van der Waals surface area contributed by atoms with Crippen molar-refractivity contribution in [2.24, 2.45) is 5.92 Å². The van der Waals surface area contributed by atoms with E-state index in [1.54, 1.807) is 7.05 Å². The highest BCUT2D eigenvalue weighted by Crippen LogP contribution is 2.26. The molecule has 2 rings (SSSR count). The summed E-state index contributed by atoms with van der Waals surface area (Å²) in [4.78, 5) is 13.4. The molecule has 2 amide bonds. The highest BCUT2D eigenvalue weighted by molar-refractivity contribution is 5.89. The number of amides is 2. The Balaban J connectivity index is 1.85. The number of nitrogens with zero attached hydrogens (tertiary/aromatic N) is 1. The summed E-state index contributed by atoms with van der Waals surface area (Å²) in [5.41, 5.74) is 1.81.